The smallest absolute Gasteiger partial charge is 0.215 e. The fourth-order valence-corrected chi connectivity index (χ4v) is 1.71. The van der Waals surface area contributed by atoms with E-state index in [1.54, 1.807) is 0 Å². The number of carbonyl (C=O) groups is 1. The van der Waals surface area contributed by atoms with Crippen LogP contribution in [0.25, 0.3) is 0 Å². The van der Waals surface area contributed by atoms with Gasteiger partial charge in [0.25, 0.3) is 0 Å². The van der Waals surface area contributed by atoms with Crippen LogP contribution in [0, 0.1) is 0 Å². The third-order valence-corrected chi connectivity index (χ3v) is 2.41. The highest BCUT2D eigenvalue weighted by molar-refractivity contribution is 5.97. The van der Waals surface area contributed by atoms with E-state index < -0.39 is 0 Å². The number of rotatable bonds is 3. The van der Waals surface area contributed by atoms with Crippen LogP contribution in [0.2, 0.25) is 0 Å². The first-order valence-corrected chi connectivity index (χ1v) is 4.80. The predicted molar refractivity (Wildman–Crippen MR) is 48.9 cm³/mol. The zero-order chi connectivity index (χ0) is 8.97. The van der Waals surface area contributed by atoms with Crippen LogP contribution in [-0.4, -0.2) is 18.4 Å². The van der Waals surface area contributed by atoms with E-state index >= 15 is 0 Å². The summed E-state index contributed by atoms with van der Waals surface area (Å²) < 4.78 is 0. The van der Waals surface area contributed by atoms with Crippen molar-refractivity contribution in [2.24, 2.45) is 0 Å². The maximum absolute atomic E-state index is 11.6. The first-order valence-electron chi connectivity index (χ1n) is 4.80. The molecule has 1 unspecified atom stereocenters. The lowest BCUT2D eigenvalue weighted by Gasteiger charge is -2.05. The molecule has 2 heteroatoms. The maximum atomic E-state index is 11.6. The van der Waals surface area contributed by atoms with Gasteiger partial charge in [-0.3, -0.25) is 4.79 Å². The molecule has 0 aromatic rings. The quantitative estimate of drug-likeness (QED) is 0.616. The molecule has 0 saturated carbocycles. The molecule has 1 aliphatic heterocycles. The van der Waals surface area contributed by atoms with Crippen LogP contribution in [0.3, 0.4) is 0 Å². The Kier molecular flexibility index (Phi) is 3.48. The standard InChI is InChI=1S/C10H17NO/c1-3-5-8(2)10(12)9-6-4-7-11-9/h5,9,11H,3-4,6-7H2,1-2H3/p+1/b8-5+. The van der Waals surface area contributed by atoms with Crippen LogP contribution >= 0.6 is 0 Å². The van der Waals surface area contributed by atoms with Crippen LogP contribution in [0.5, 0.6) is 0 Å². The summed E-state index contributed by atoms with van der Waals surface area (Å²) in [6.07, 6.45) is 5.24. The third-order valence-electron chi connectivity index (χ3n) is 2.41. The Labute approximate surface area is 74.0 Å². The van der Waals surface area contributed by atoms with E-state index in [1.165, 1.54) is 6.42 Å². The van der Waals surface area contributed by atoms with Gasteiger partial charge < -0.3 is 5.32 Å². The number of quaternary nitrogens is 1. The summed E-state index contributed by atoms with van der Waals surface area (Å²) in [5, 5.41) is 2.16. The summed E-state index contributed by atoms with van der Waals surface area (Å²) in [7, 11) is 0. The first kappa shape index (κ1) is 9.46. The average molecular weight is 168 g/mol. The molecule has 1 atom stereocenters. The van der Waals surface area contributed by atoms with Crippen molar-refractivity contribution < 1.29 is 10.1 Å². The number of hydrogen-bond acceptors (Lipinski definition) is 1. The second-order valence-electron chi connectivity index (χ2n) is 3.43. The minimum absolute atomic E-state index is 0.229. The lowest BCUT2D eigenvalue weighted by Crippen LogP contribution is -2.88. The molecule has 68 valence electrons. The van der Waals surface area contributed by atoms with Crippen LogP contribution in [-0.2, 0) is 4.79 Å². The molecule has 0 aromatic heterocycles. The van der Waals surface area contributed by atoms with Gasteiger partial charge in [-0.25, -0.2) is 0 Å². The van der Waals surface area contributed by atoms with E-state index in [0.29, 0.717) is 5.78 Å². The van der Waals surface area contributed by atoms with E-state index in [0.717, 1.165) is 25.0 Å². The van der Waals surface area contributed by atoms with Gasteiger partial charge in [0, 0.05) is 12.8 Å². The summed E-state index contributed by atoms with van der Waals surface area (Å²) in [4.78, 5) is 11.6. The molecule has 1 heterocycles. The third kappa shape index (κ3) is 2.18. The molecule has 1 fully saturated rings. The number of allylic oxidation sites excluding steroid dienone is 1. The number of hydrogen-bond donors (Lipinski definition) is 1. The second-order valence-corrected chi connectivity index (χ2v) is 3.43. The molecule has 1 saturated heterocycles. The van der Waals surface area contributed by atoms with Crippen molar-refractivity contribution in [1.29, 1.82) is 0 Å². The van der Waals surface area contributed by atoms with E-state index in [9.17, 15) is 4.79 Å². The van der Waals surface area contributed by atoms with Gasteiger partial charge in [-0.2, -0.15) is 0 Å². The lowest BCUT2D eigenvalue weighted by atomic mass is 10.0. The fraction of sp³-hybridized carbons (Fsp3) is 0.700. The Morgan fingerprint density at radius 2 is 2.42 bits per heavy atom. The van der Waals surface area contributed by atoms with Crippen LogP contribution in [0.15, 0.2) is 11.6 Å². The molecule has 2 nitrogen and oxygen atoms in total. The Balaban J connectivity index is 2.51. The lowest BCUT2D eigenvalue weighted by molar-refractivity contribution is -0.656. The van der Waals surface area contributed by atoms with Gasteiger partial charge in [-0.15, -0.1) is 0 Å². The van der Waals surface area contributed by atoms with Crippen molar-refractivity contribution in [3.8, 4) is 0 Å². The molecule has 0 radical (unpaired) electrons. The van der Waals surface area contributed by atoms with Crippen molar-refractivity contribution in [2.75, 3.05) is 6.54 Å². The van der Waals surface area contributed by atoms with Gasteiger partial charge in [-0.05, 0) is 18.9 Å². The number of Topliss-reactive ketones (excluding diaryl/α,β-unsaturated/α-hetero) is 1. The van der Waals surface area contributed by atoms with Gasteiger partial charge in [-0.1, -0.05) is 13.0 Å². The highest BCUT2D eigenvalue weighted by Crippen LogP contribution is 2.06. The van der Waals surface area contributed by atoms with Gasteiger partial charge >= 0.3 is 0 Å². The SMILES string of the molecule is CC/C=C(\C)C(=O)C1CCC[NH2+]1. The van der Waals surface area contributed by atoms with E-state index in [4.69, 9.17) is 0 Å². The second kappa shape index (κ2) is 4.41. The van der Waals surface area contributed by atoms with Crippen molar-refractivity contribution in [2.45, 2.75) is 39.2 Å². The molecular formula is C10H18NO+. The van der Waals surface area contributed by atoms with Crippen LogP contribution < -0.4 is 5.32 Å². The zero-order valence-electron chi connectivity index (χ0n) is 7.97. The molecule has 0 bridgehead atoms. The number of carbonyl (C=O) groups excluding carboxylic acids is 1. The van der Waals surface area contributed by atoms with Crippen molar-refractivity contribution >= 4 is 5.78 Å². The van der Waals surface area contributed by atoms with Crippen molar-refractivity contribution in [3.63, 3.8) is 0 Å². The Hall–Kier alpha value is -0.630. The van der Waals surface area contributed by atoms with Crippen LogP contribution in [0.1, 0.15) is 33.1 Å². The maximum Gasteiger partial charge on any atom is 0.215 e. The monoisotopic (exact) mass is 168 g/mol. The first-order chi connectivity index (χ1) is 5.75. The number of ketones is 1. The average Bonchev–Trinajstić information content (AvgIpc) is 2.55. The highest BCUT2D eigenvalue weighted by Gasteiger charge is 2.26. The van der Waals surface area contributed by atoms with E-state index in [2.05, 4.69) is 12.2 Å². The predicted octanol–water partition coefficient (Wildman–Crippen LogP) is 0.638. The Morgan fingerprint density at radius 1 is 1.67 bits per heavy atom. The molecule has 0 spiro atoms. The summed E-state index contributed by atoms with van der Waals surface area (Å²) >= 11 is 0. The van der Waals surface area contributed by atoms with Crippen molar-refractivity contribution in [1.82, 2.24) is 0 Å². The normalized spacial score (nSPS) is 24.5. The Morgan fingerprint density at radius 3 is 2.92 bits per heavy atom. The molecule has 12 heavy (non-hydrogen) atoms. The highest BCUT2D eigenvalue weighted by atomic mass is 16.1. The van der Waals surface area contributed by atoms with Gasteiger partial charge in [0.1, 0.15) is 6.04 Å². The molecule has 1 aliphatic rings. The largest absolute Gasteiger partial charge is 0.337 e. The summed E-state index contributed by atoms with van der Waals surface area (Å²) in [5.41, 5.74) is 0.945. The summed E-state index contributed by atoms with van der Waals surface area (Å²) in [6.45, 7) is 5.11. The van der Waals surface area contributed by atoms with Crippen LogP contribution in [0.4, 0.5) is 0 Å². The van der Waals surface area contributed by atoms with Gasteiger partial charge in [0.05, 0.1) is 6.54 Å². The molecule has 1 rings (SSSR count). The Bertz CT molecular complexity index is 190. The molecule has 0 aromatic carbocycles. The summed E-state index contributed by atoms with van der Waals surface area (Å²) in [6, 6.07) is 0.229. The number of nitrogens with two attached hydrogens (primary N) is 1. The molecule has 2 N–H and O–H groups in total. The fourth-order valence-electron chi connectivity index (χ4n) is 1.71. The molecular weight excluding hydrogens is 150 g/mol. The summed E-state index contributed by atoms with van der Waals surface area (Å²) in [5.74, 6) is 0.342. The van der Waals surface area contributed by atoms with Gasteiger partial charge in [0.15, 0.2) is 0 Å². The minimum atomic E-state index is 0.229. The topological polar surface area (TPSA) is 33.7 Å². The zero-order valence-corrected chi connectivity index (χ0v) is 7.97. The molecule has 0 aliphatic carbocycles. The van der Waals surface area contributed by atoms with E-state index in [-0.39, 0.29) is 6.04 Å². The van der Waals surface area contributed by atoms with Gasteiger partial charge in [0.2, 0.25) is 5.78 Å². The molecule has 0 amide bonds. The minimum Gasteiger partial charge on any atom is -0.337 e. The van der Waals surface area contributed by atoms with E-state index in [1.807, 2.05) is 13.0 Å². The van der Waals surface area contributed by atoms with Crippen molar-refractivity contribution in [3.05, 3.63) is 11.6 Å².